The second-order valence-electron chi connectivity index (χ2n) is 4.73. The summed E-state index contributed by atoms with van der Waals surface area (Å²) in [7, 11) is 1.84. The van der Waals surface area contributed by atoms with Crippen LogP contribution in [0.5, 0.6) is 0 Å². The van der Waals surface area contributed by atoms with Crippen molar-refractivity contribution >= 4 is 17.2 Å². The van der Waals surface area contributed by atoms with Crippen LogP contribution in [-0.4, -0.2) is 34.4 Å². The molecular formula is C13H16N4OS. The first kappa shape index (κ1) is 12.4. The van der Waals surface area contributed by atoms with Gasteiger partial charge in [-0.05, 0) is 22.4 Å². The monoisotopic (exact) mass is 276 g/mol. The molecule has 0 saturated heterocycles. The quantitative estimate of drug-likeness (QED) is 0.888. The van der Waals surface area contributed by atoms with Gasteiger partial charge in [0.25, 0.3) is 0 Å². The number of H-pyrrole nitrogens is 1. The number of aromatic amines is 1. The molecule has 1 aliphatic heterocycles. The largest absolute Gasteiger partial charge is 0.348 e. The van der Waals surface area contributed by atoms with E-state index in [1.54, 1.807) is 22.6 Å². The van der Waals surface area contributed by atoms with Crippen molar-refractivity contribution < 1.29 is 4.79 Å². The number of aromatic nitrogens is 2. The van der Waals surface area contributed by atoms with Crippen LogP contribution in [0.3, 0.4) is 0 Å². The third-order valence-electron chi connectivity index (χ3n) is 3.37. The van der Waals surface area contributed by atoms with Gasteiger partial charge in [-0.1, -0.05) is 0 Å². The molecular weight excluding hydrogens is 260 g/mol. The number of amides is 1. The highest BCUT2D eigenvalue weighted by Crippen LogP contribution is 2.21. The molecule has 0 saturated carbocycles. The molecule has 3 rings (SSSR count). The minimum Gasteiger partial charge on any atom is -0.348 e. The highest BCUT2D eigenvalue weighted by atomic mass is 32.1. The molecule has 3 heterocycles. The number of thiophene rings is 1. The van der Waals surface area contributed by atoms with Crippen LogP contribution in [0.15, 0.2) is 23.2 Å². The van der Waals surface area contributed by atoms with Gasteiger partial charge in [0.1, 0.15) is 6.04 Å². The summed E-state index contributed by atoms with van der Waals surface area (Å²) in [6.07, 6.45) is 2.56. The number of hydrogen-bond donors (Lipinski definition) is 2. The van der Waals surface area contributed by atoms with Crippen LogP contribution < -0.4 is 5.32 Å². The maximum atomic E-state index is 12.5. The second kappa shape index (κ2) is 5.14. The number of likely N-dealkylation sites (N-methyl/N-ethyl adjacent to an activating group) is 1. The van der Waals surface area contributed by atoms with Crippen molar-refractivity contribution in [3.05, 3.63) is 40.1 Å². The van der Waals surface area contributed by atoms with Gasteiger partial charge in [-0.25, -0.2) is 4.98 Å². The highest BCUT2D eigenvalue weighted by Gasteiger charge is 2.30. The molecule has 0 aliphatic carbocycles. The Balaban J connectivity index is 1.74. The van der Waals surface area contributed by atoms with Crippen LogP contribution in [0.4, 0.5) is 0 Å². The first-order valence-corrected chi connectivity index (χ1v) is 7.21. The summed E-state index contributed by atoms with van der Waals surface area (Å²) >= 11 is 1.65. The van der Waals surface area contributed by atoms with E-state index in [-0.39, 0.29) is 11.9 Å². The van der Waals surface area contributed by atoms with Gasteiger partial charge in [-0.2, -0.15) is 11.3 Å². The number of rotatable bonds is 3. The zero-order valence-corrected chi connectivity index (χ0v) is 11.5. The molecule has 2 aromatic heterocycles. The van der Waals surface area contributed by atoms with Crippen molar-refractivity contribution in [2.75, 3.05) is 13.6 Å². The number of nitrogens with zero attached hydrogens (tertiary/aromatic N) is 2. The SMILES string of the molecule is CN(Cc1ccsc1)C(=O)[C@@H]1NCCc2[nH]cnc21. The number of carbonyl (C=O) groups is 1. The molecule has 19 heavy (non-hydrogen) atoms. The lowest BCUT2D eigenvalue weighted by Crippen LogP contribution is -2.42. The fourth-order valence-corrected chi connectivity index (χ4v) is 3.04. The van der Waals surface area contributed by atoms with Crippen LogP contribution in [0.1, 0.15) is 23.0 Å². The van der Waals surface area contributed by atoms with E-state index in [4.69, 9.17) is 0 Å². The molecule has 0 radical (unpaired) electrons. The standard InChI is InChI=1S/C13H16N4OS/c1-17(6-9-3-5-19-7-9)13(18)12-11-10(2-4-14-12)15-8-16-11/h3,5,7-8,12,14H,2,4,6H2,1H3,(H,15,16)/t12-/m1/s1. The average Bonchev–Trinajstić information content (AvgIpc) is 3.07. The van der Waals surface area contributed by atoms with Gasteiger partial charge in [0.15, 0.2) is 0 Å². The third kappa shape index (κ3) is 2.41. The lowest BCUT2D eigenvalue weighted by atomic mass is 10.0. The summed E-state index contributed by atoms with van der Waals surface area (Å²) in [6, 6.07) is 1.72. The van der Waals surface area contributed by atoms with E-state index >= 15 is 0 Å². The van der Waals surface area contributed by atoms with E-state index in [2.05, 4.69) is 20.7 Å². The normalized spacial score (nSPS) is 18.1. The fourth-order valence-electron chi connectivity index (χ4n) is 2.38. The lowest BCUT2D eigenvalue weighted by Gasteiger charge is -2.26. The summed E-state index contributed by atoms with van der Waals surface area (Å²) < 4.78 is 0. The molecule has 6 heteroatoms. The fraction of sp³-hybridized carbons (Fsp3) is 0.385. The van der Waals surface area contributed by atoms with E-state index in [0.29, 0.717) is 6.54 Å². The van der Waals surface area contributed by atoms with Gasteiger partial charge in [0, 0.05) is 32.3 Å². The maximum absolute atomic E-state index is 12.5. The van der Waals surface area contributed by atoms with Crippen LogP contribution in [0.2, 0.25) is 0 Å². The van der Waals surface area contributed by atoms with Gasteiger partial charge in [-0.3, -0.25) is 4.79 Å². The molecule has 1 atom stereocenters. The number of carbonyl (C=O) groups excluding carboxylic acids is 1. The van der Waals surface area contributed by atoms with Crippen molar-refractivity contribution in [3.63, 3.8) is 0 Å². The van der Waals surface area contributed by atoms with Crippen LogP contribution in [0.25, 0.3) is 0 Å². The molecule has 0 aromatic carbocycles. The van der Waals surface area contributed by atoms with Crippen molar-refractivity contribution in [2.24, 2.45) is 0 Å². The first-order valence-electron chi connectivity index (χ1n) is 6.27. The van der Waals surface area contributed by atoms with Crippen molar-refractivity contribution in [1.29, 1.82) is 0 Å². The van der Waals surface area contributed by atoms with E-state index in [9.17, 15) is 4.79 Å². The van der Waals surface area contributed by atoms with Gasteiger partial charge < -0.3 is 15.2 Å². The first-order chi connectivity index (χ1) is 9.25. The summed E-state index contributed by atoms with van der Waals surface area (Å²) in [5.74, 6) is 0.0688. The topological polar surface area (TPSA) is 61.0 Å². The molecule has 2 N–H and O–H groups in total. The average molecular weight is 276 g/mol. The molecule has 0 bridgehead atoms. The van der Waals surface area contributed by atoms with Crippen molar-refractivity contribution in [3.8, 4) is 0 Å². The van der Waals surface area contributed by atoms with Crippen LogP contribution in [-0.2, 0) is 17.8 Å². The Morgan fingerprint density at radius 3 is 3.32 bits per heavy atom. The van der Waals surface area contributed by atoms with E-state index in [0.717, 1.165) is 24.4 Å². The molecule has 2 aromatic rings. The summed E-state index contributed by atoms with van der Waals surface area (Å²) in [5.41, 5.74) is 3.08. The van der Waals surface area contributed by atoms with E-state index < -0.39 is 0 Å². The molecule has 1 amide bonds. The lowest BCUT2D eigenvalue weighted by molar-refractivity contribution is -0.133. The molecule has 100 valence electrons. The molecule has 5 nitrogen and oxygen atoms in total. The molecule has 1 aliphatic rings. The zero-order valence-electron chi connectivity index (χ0n) is 10.7. The molecule has 0 unspecified atom stereocenters. The van der Waals surface area contributed by atoms with Crippen LogP contribution in [0, 0.1) is 0 Å². The smallest absolute Gasteiger partial charge is 0.246 e. The van der Waals surface area contributed by atoms with Gasteiger partial charge >= 0.3 is 0 Å². The minimum atomic E-state index is -0.321. The molecule has 0 spiro atoms. The van der Waals surface area contributed by atoms with Gasteiger partial charge in [0.05, 0.1) is 12.0 Å². The number of hydrogen-bond acceptors (Lipinski definition) is 4. The Morgan fingerprint density at radius 1 is 1.63 bits per heavy atom. The Bertz CT molecular complexity index is 563. The maximum Gasteiger partial charge on any atom is 0.246 e. The Kier molecular flexibility index (Phi) is 3.35. The minimum absolute atomic E-state index is 0.0688. The predicted octanol–water partition coefficient (Wildman–Crippen LogP) is 1.32. The van der Waals surface area contributed by atoms with Gasteiger partial charge in [-0.15, -0.1) is 0 Å². The van der Waals surface area contributed by atoms with Crippen molar-refractivity contribution in [1.82, 2.24) is 20.2 Å². The third-order valence-corrected chi connectivity index (χ3v) is 4.10. The Hall–Kier alpha value is -1.66. The number of fused-ring (bicyclic) bond motifs is 1. The Labute approximate surface area is 115 Å². The predicted molar refractivity (Wildman–Crippen MR) is 73.8 cm³/mol. The van der Waals surface area contributed by atoms with Crippen molar-refractivity contribution in [2.45, 2.75) is 19.0 Å². The van der Waals surface area contributed by atoms with Crippen LogP contribution >= 0.6 is 11.3 Å². The zero-order chi connectivity index (χ0) is 13.2. The Morgan fingerprint density at radius 2 is 2.53 bits per heavy atom. The molecule has 0 fully saturated rings. The van der Waals surface area contributed by atoms with Gasteiger partial charge in [0.2, 0.25) is 5.91 Å². The highest BCUT2D eigenvalue weighted by molar-refractivity contribution is 7.07. The summed E-state index contributed by atoms with van der Waals surface area (Å²) in [6.45, 7) is 1.44. The van der Waals surface area contributed by atoms with E-state index in [1.165, 1.54) is 5.56 Å². The number of imidazole rings is 1. The second-order valence-corrected chi connectivity index (χ2v) is 5.51. The summed E-state index contributed by atoms with van der Waals surface area (Å²) in [5, 5.41) is 7.34. The summed E-state index contributed by atoms with van der Waals surface area (Å²) in [4.78, 5) is 21.6. The van der Waals surface area contributed by atoms with E-state index in [1.807, 2.05) is 18.5 Å². The number of nitrogens with one attached hydrogen (secondary N) is 2.